The molecule has 0 spiro atoms. The fourth-order valence-corrected chi connectivity index (χ4v) is 13.2. The third-order valence-electron chi connectivity index (χ3n) is 14.7. The molecule has 0 bridgehead atoms. The quantitative estimate of drug-likeness (QED) is 0.0714. The summed E-state index contributed by atoms with van der Waals surface area (Å²) in [6, 6.07) is 7.80. The van der Waals surface area contributed by atoms with Crippen LogP contribution in [-0.4, -0.2) is 57.8 Å². The molecule has 0 amide bonds. The molecule has 10 heteroatoms. The molecule has 7 rings (SSSR count). The minimum absolute atomic E-state index is 0.00337. The number of carbonyl (C=O) groups is 3. The van der Waals surface area contributed by atoms with Crippen LogP contribution in [0.4, 0.5) is 9.18 Å². The number of Topliss-reactive ketones (excluding diaryl/α,β-unsaturated/α-hetero) is 1. The van der Waals surface area contributed by atoms with E-state index < -0.39 is 18.6 Å². The summed E-state index contributed by atoms with van der Waals surface area (Å²) < 4.78 is 25.5. The number of unbranched alkanes of at least 4 members (excludes halogenated alkanes) is 2. The van der Waals surface area contributed by atoms with Crippen molar-refractivity contribution >= 4 is 60.1 Å². The maximum atomic E-state index is 12.9. The molecule has 1 aromatic heterocycles. The molecule has 5 aliphatic rings. The second-order valence-corrected chi connectivity index (χ2v) is 21.3. The maximum absolute atomic E-state index is 12.9. The second kappa shape index (κ2) is 23.5. The Morgan fingerprint density at radius 1 is 1.00 bits per heavy atom. The van der Waals surface area contributed by atoms with E-state index in [2.05, 4.69) is 52.1 Å². The van der Waals surface area contributed by atoms with Gasteiger partial charge in [0.25, 0.3) is 0 Å². The van der Waals surface area contributed by atoms with Crippen LogP contribution in [0.25, 0.3) is 17.0 Å². The molecule has 63 heavy (non-hydrogen) atoms. The van der Waals surface area contributed by atoms with Gasteiger partial charge in [0, 0.05) is 33.4 Å². The summed E-state index contributed by atoms with van der Waals surface area (Å²) in [6.07, 6.45) is 27.9. The molecule has 0 aliphatic heterocycles. The summed E-state index contributed by atoms with van der Waals surface area (Å²) in [5.41, 5.74) is 5.20. The maximum Gasteiger partial charge on any atom is 0.419 e. The number of allylic oxidation sites excluding steroid dienone is 3. The van der Waals surface area contributed by atoms with Gasteiger partial charge in [0.1, 0.15) is 19.4 Å². The predicted octanol–water partition coefficient (Wildman–Crippen LogP) is 13.6. The Morgan fingerprint density at radius 2 is 1.76 bits per heavy atom. The Bertz CT molecular complexity index is 1960. The third kappa shape index (κ3) is 11.9. The average molecular weight is 907 g/mol. The van der Waals surface area contributed by atoms with Gasteiger partial charge >= 0.3 is 12.1 Å². The van der Waals surface area contributed by atoms with Crippen LogP contribution < -0.4 is 5.32 Å². The molecular formula is C53H79FN2O5S2. The van der Waals surface area contributed by atoms with Gasteiger partial charge in [0.2, 0.25) is 0 Å². The first-order chi connectivity index (χ1) is 30.2. The summed E-state index contributed by atoms with van der Waals surface area (Å²) in [5.74, 6) is 2.21. The van der Waals surface area contributed by atoms with Crippen LogP contribution in [0.5, 0.6) is 0 Å². The number of alkyl halides is 1. The predicted molar refractivity (Wildman–Crippen MR) is 264 cm³/mol. The van der Waals surface area contributed by atoms with E-state index in [1.54, 1.807) is 10.1 Å². The largest absolute Gasteiger partial charge is 0.462 e. The first kappa shape index (κ1) is 51.0. The third-order valence-corrected chi connectivity index (χ3v) is 16.4. The highest BCUT2D eigenvalue weighted by atomic mass is 32.1. The molecule has 1 aromatic carbocycles. The topological polar surface area (TPSA) is 86.6 Å². The summed E-state index contributed by atoms with van der Waals surface area (Å²) in [6.45, 7) is 14.2. The van der Waals surface area contributed by atoms with Gasteiger partial charge in [0.05, 0.1) is 17.8 Å². The molecule has 1 N–H and O–H groups in total. The van der Waals surface area contributed by atoms with Crippen LogP contribution in [-0.2, 0) is 25.5 Å². The van der Waals surface area contributed by atoms with Gasteiger partial charge in [-0.2, -0.15) is 25.3 Å². The zero-order chi connectivity index (χ0) is 45.8. The molecule has 5 aliphatic carbocycles. The van der Waals surface area contributed by atoms with E-state index >= 15 is 0 Å². The van der Waals surface area contributed by atoms with Crippen molar-refractivity contribution in [2.45, 2.75) is 180 Å². The number of nitrogens with one attached hydrogen (secondary N) is 1. The van der Waals surface area contributed by atoms with E-state index in [-0.39, 0.29) is 40.1 Å². The van der Waals surface area contributed by atoms with Gasteiger partial charge in [0.15, 0.2) is 5.78 Å². The van der Waals surface area contributed by atoms with E-state index in [0.717, 1.165) is 85.4 Å². The van der Waals surface area contributed by atoms with Gasteiger partial charge in [-0.25, -0.2) is 13.8 Å². The highest BCUT2D eigenvalue weighted by Crippen LogP contribution is 2.69. The van der Waals surface area contributed by atoms with Crippen LogP contribution in [0.3, 0.4) is 0 Å². The van der Waals surface area contributed by atoms with E-state index in [4.69, 9.17) is 34.7 Å². The lowest BCUT2D eigenvalue weighted by atomic mass is 9.49. The number of ether oxygens (including phenoxy) is 2. The number of benzene rings is 1. The zero-order valence-electron chi connectivity index (χ0n) is 39.6. The summed E-state index contributed by atoms with van der Waals surface area (Å²) in [4.78, 5) is 36.0. The number of hydrogen-bond donors (Lipinski definition) is 3. The number of aromatic nitrogens is 1. The number of fused-ring (bicyclic) bond motifs is 8. The normalized spacial score (nSPS) is 28.2. The van der Waals surface area contributed by atoms with Crippen LogP contribution in [0.15, 0.2) is 53.8 Å². The fraction of sp³-hybridized carbons (Fsp3) is 0.679. The van der Waals surface area contributed by atoms with Crippen molar-refractivity contribution < 1.29 is 28.2 Å². The summed E-state index contributed by atoms with van der Waals surface area (Å²) >= 11 is 11.1. The highest BCUT2D eigenvalue weighted by Gasteiger charge is 2.64. The average Bonchev–Trinajstić information content (AvgIpc) is 3.80. The van der Waals surface area contributed by atoms with Gasteiger partial charge in [-0.1, -0.05) is 123 Å². The summed E-state index contributed by atoms with van der Waals surface area (Å²) in [5, 5.41) is 3.94. The number of rotatable bonds is 15. The number of esters is 1. The van der Waals surface area contributed by atoms with E-state index in [9.17, 15) is 18.8 Å². The Balaban J connectivity index is 0.000000226. The lowest BCUT2D eigenvalue weighted by Crippen LogP contribution is -2.60. The molecule has 0 radical (unpaired) electrons. The molecule has 3 fully saturated rings. The second-order valence-electron chi connectivity index (χ2n) is 19.6. The van der Waals surface area contributed by atoms with Gasteiger partial charge in [-0.3, -0.25) is 9.59 Å². The van der Waals surface area contributed by atoms with Gasteiger partial charge in [-0.15, -0.1) is 0 Å². The first-order valence-electron chi connectivity index (χ1n) is 24.5. The Morgan fingerprint density at radius 3 is 2.48 bits per heavy atom. The van der Waals surface area contributed by atoms with Crippen molar-refractivity contribution in [3.63, 3.8) is 0 Å². The molecular weight excluding hydrogens is 828 g/mol. The number of para-hydroxylation sites is 1. The highest BCUT2D eigenvalue weighted by molar-refractivity contribution is 7.83. The van der Waals surface area contributed by atoms with E-state index in [1.165, 1.54) is 57.8 Å². The Kier molecular flexibility index (Phi) is 19.0. The summed E-state index contributed by atoms with van der Waals surface area (Å²) in [7, 11) is 0. The smallest absolute Gasteiger partial charge is 0.419 e. The molecule has 350 valence electrons. The number of halogens is 1. The van der Waals surface area contributed by atoms with E-state index in [0.29, 0.717) is 24.0 Å². The number of nitrogens with zero attached hydrogens (tertiary/aromatic N) is 1. The number of aryl methyl sites for hydroxylation is 1. The van der Waals surface area contributed by atoms with Crippen molar-refractivity contribution in [2.24, 2.45) is 29.1 Å². The number of ketones is 1. The van der Waals surface area contributed by atoms with Crippen molar-refractivity contribution in [1.29, 1.82) is 0 Å². The van der Waals surface area contributed by atoms with Crippen molar-refractivity contribution in [3.8, 4) is 0 Å². The zero-order valence-corrected chi connectivity index (χ0v) is 41.4. The molecule has 1 heterocycles. The van der Waals surface area contributed by atoms with Crippen molar-refractivity contribution in [3.05, 3.63) is 65.0 Å². The lowest BCUT2D eigenvalue weighted by molar-refractivity contribution is -0.150. The van der Waals surface area contributed by atoms with Crippen LogP contribution in [0, 0.1) is 29.1 Å². The van der Waals surface area contributed by atoms with Crippen LogP contribution in [0.1, 0.15) is 169 Å². The number of thiol groups is 2. The monoisotopic (exact) mass is 907 g/mol. The Hall–Kier alpha value is -2.98. The molecule has 7 atom stereocenters. The molecule has 2 aromatic rings. The SMILES string of the molecule is CCC.CCC(=O)OC1CCC2(C)C(=CCC3(S)C2CCC2(S)C(CCCCC(C)C)CCC23)C1.CCC/C=C(\COC(=O)n1c2c(c3ccccc31)CCC=C2)NCC(=O)CF. The van der Waals surface area contributed by atoms with E-state index in [1.807, 2.05) is 50.3 Å². The fourth-order valence-electron chi connectivity index (χ4n) is 11.5. The molecule has 3 saturated carbocycles. The Labute approximate surface area is 390 Å². The van der Waals surface area contributed by atoms with Crippen LogP contribution >= 0.6 is 25.3 Å². The molecule has 7 unspecified atom stereocenters. The number of hydrogen-bond acceptors (Lipinski definition) is 8. The van der Waals surface area contributed by atoms with Gasteiger partial charge < -0.3 is 14.8 Å². The molecule has 0 saturated heterocycles. The molecule has 7 nitrogen and oxygen atoms in total. The first-order valence-corrected chi connectivity index (χ1v) is 25.4. The number of carbonyl (C=O) groups excluding carboxylic acids is 3. The van der Waals surface area contributed by atoms with Crippen molar-refractivity contribution in [1.82, 2.24) is 9.88 Å². The standard InChI is InChI=1S/C28H46O2S2.C22H25FN2O3.C3H8/c1-5-25(29)30-22-13-15-26(4)21(18-22)12-16-28(32)23(26)14-17-27(31)20(10-11-24(27)28)9-7-6-8-19(2)3;1-2-3-8-16(24-14-17(26)13-23)15-28-22(27)25-20-11-6-4-9-18(20)19-10-5-7-12-21(19)25;1-3-2/h12,19-20,22-24,31-32H,5-11,13-18H2,1-4H3;4,6-9,11-12,24H,2-3,5,10,13-15H2,1H3;3H2,1-2H3/b;16-8+;. The van der Waals surface area contributed by atoms with Crippen molar-refractivity contribution in [2.75, 3.05) is 19.8 Å². The van der Waals surface area contributed by atoms with Crippen LogP contribution in [0.2, 0.25) is 0 Å². The lowest BCUT2D eigenvalue weighted by Gasteiger charge is -2.62. The minimum atomic E-state index is -1.01. The van der Waals surface area contributed by atoms with Gasteiger partial charge in [-0.05, 0) is 117 Å². The minimum Gasteiger partial charge on any atom is -0.462 e.